The van der Waals surface area contributed by atoms with Crippen LogP contribution >= 0.6 is 15.9 Å². The highest BCUT2D eigenvalue weighted by molar-refractivity contribution is 9.09. The van der Waals surface area contributed by atoms with Gasteiger partial charge in [-0.25, -0.2) is 0 Å². The topological polar surface area (TPSA) is 0 Å². The fourth-order valence-electron chi connectivity index (χ4n) is 2.92. The van der Waals surface area contributed by atoms with Crippen molar-refractivity contribution in [1.29, 1.82) is 0 Å². The fourth-order valence-corrected chi connectivity index (χ4v) is 3.62. The third-order valence-corrected chi connectivity index (χ3v) is 5.30. The summed E-state index contributed by atoms with van der Waals surface area (Å²) in [6, 6.07) is 0. The molecule has 0 bridgehead atoms. The summed E-state index contributed by atoms with van der Waals surface area (Å²) in [4.78, 5) is 0.805. The number of hydrogen-bond acceptors (Lipinski definition) is 0. The molecule has 0 aromatic heterocycles. The van der Waals surface area contributed by atoms with Gasteiger partial charge in [0.1, 0.15) is 0 Å². The van der Waals surface area contributed by atoms with Gasteiger partial charge in [-0.1, -0.05) is 56.0 Å². The Bertz CT molecular complexity index is 167. The molecule has 0 heterocycles. The van der Waals surface area contributed by atoms with Crippen molar-refractivity contribution in [2.24, 2.45) is 17.8 Å². The van der Waals surface area contributed by atoms with Crippen LogP contribution in [0.25, 0.3) is 0 Å². The van der Waals surface area contributed by atoms with Gasteiger partial charge in [-0.2, -0.15) is 0 Å². The van der Waals surface area contributed by atoms with E-state index in [0.29, 0.717) is 0 Å². The van der Waals surface area contributed by atoms with Crippen molar-refractivity contribution in [3.8, 4) is 0 Å². The zero-order valence-electron chi connectivity index (χ0n) is 10.6. The molecule has 1 aliphatic rings. The number of halogens is 1. The smallest absolute Gasteiger partial charge is 0.0174 e. The minimum atomic E-state index is 0.805. The Kier molecular flexibility index (Phi) is 6.26. The van der Waals surface area contributed by atoms with Crippen LogP contribution < -0.4 is 0 Å². The van der Waals surface area contributed by atoms with Crippen LogP contribution in [0.2, 0.25) is 0 Å². The zero-order valence-corrected chi connectivity index (χ0v) is 12.2. The lowest BCUT2D eigenvalue weighted by atomic mass is 9.76. The molecule has 0 amide bonds. The van der Waals surface area contributed by atoms with Gasteiger partial charge in [0, 0.05) is 4.83 Å². The molecule has 4 unspecified atom stereocenters. The van der Waals surface area contributed by atoms with E-state index in [2.05, 4.69) is 36.7 Å². The van der Waals surface area contributed by atoms with Crippen molar-refractivity contribution >= 4 is 15.9 Å². The van der Waals surface area contributed by atoms with Gasteiger partial charge in [-0.15, -0.1) is 0 Å². The summed E-state index contributed by atoms with van der Waals surface area (Å²) in [5.41, 5.74) is 0. The Labute approximate surface area is 104 Å². The molecule has 0 aromatic rings. The molecule has 0 nitrogen and oxygen atoms in total. The maximum atomic E-state index is 3.89. The molecule has 15 heavy (non-hydrogen) atoms. The minimum Gasteiger partial charge on any atom is -0.0888 e. The van der Waals surface area contributed by atoms with E-state index in [1.54, 1.807) is 0 Å². The van der Waals surface area contributed by atoms with E-state index in [9.17, 15) is 0 Å². The van der Waals surface area contributed by atoms with E-state index in [1.807, 2.05) is 0 Å². The average Bonchev–Trinajstić information content (AvgIpc) is 2.23. The Hall–Kier alpha value is 0.480. The maximum absolute atomic E-state index is 3.89. The lowest BCUT2D eigenvalue weighted by molar-refractivity contribution is 0.230. The van der Waals surface area contributed by atoms with Crippen LogP contribution in [0.1, 0.15) is 65.7 Å². The van der Waals surface area contributed by atoms with Crippen molar-refractivity contribution in [2.45, 2.75) is 70.5 Å². The summed E-state index contributed by atoms with van der Waals surface area (Å²) in [5, 5.41) is 0. The second kappa shape index (κ2) is 6.93. The molecule has 1 saturated carbocycles. The van der Waals surface area contributed by atoms with E-state index in [0.717, 1.165) is 22.6 Å². The first-order valence-electron chi connectivity index (χ1n) is 6.81. The molecule has 1 fully saturated rings. The lowest BCUT2D eigenvalue weighted by Crippen LogP contribution is -2.26. The first-order valence-corrected chi connectivity index (χ1v) is 7.72. The number of hydrogen-bond donors (Lipinski definition) is 0. The fraction of sp³-hybridized carbons (Fsp3) is 1.00. The molecule has 1 heteroatoms. The molecule has 0 aliphatic heterocycles. The van der Waals surface area contributed by atoms with Crippen LogP contribution in [-0.2, 0) is 0 Å². The van der Waals surface area contributed by atoms with E-state index in [4.69, 9.17) is 0 Å². The van der Waals surface area contributed by atoms with Crippen molar-refractivity contribution < 1.29 is 0 Å². The van der Waals surface area contributed by atoms with Gasteiger partial charge >= 0.3 is 0 Å². The van der Waals surface area contributed by atoms with Crippen LogP contribution in [0, 0.1) is 17.8 Å². The summed E-state index contributed by atoms with van der Waals surface area (Å²) in [6.07, 6.45) is 9.95. The van der Waals surface area contributed by atoms with Gasteiger partial charge in [0.25, 0.3) is 0 Å². The molecule has 90 valence electrons. The molecular formula is C14H27Br. The summed E-state index contributed by atoms with van der Waals surface area (Å²) in [6.45, 7) is 7.05. The third-order valence-electron chi connectivity index (χ3n) is 4.10. The maximum Gasteiger partial charge on any atom is 0.0174 e. The first-order chi connectivity index (χ1) is 7.17. The van der Waals surface area contributed by atoms with E-state index < -0.39 is 0 Å². The van der Waals surface area contributed by atoms with Crippen LogP contribution in [-0.4, -0.2) is 4.83 Å². The van der Waals surface area contributed by atoms with Gasteiger partial charge in [0.15, 0.2) is 0 Å². The summed E-state index contributed by atoms with van der Waals surface area (Å²) in [5.74, 6) is 2.89. The Morgan fingerprint density at radius 2 is 2.00 bits per heavy atom. The van der Waals surface area contributed by atoms with E-state index >= 15 is 0 Å². The average molecular weight is 275 g/mol. The highest BCUT2D eigenvalue weighted by Crippen LogP contribution is 2.39. The Morgan fingerprint density at radius 1 is 1.27 bits per heavy atom. The molecular weight excluding hydrogens is 248 g/mol. The quantitative estimate of drug-likeness (QED) is 0.589. The lowest BCUT2D eigenvalue weighted by Gasteiger charge is -2.34. The highest BCUT2D eigenvalue weighted by atomic mass is 79.9. The largest absolute Gasteiger partial charge is 0.0888 e. The highest BCUT2D eigenvalue weighted by Gasteiger charge is 2.28. The van der Waals surface area contributed by atoms with Crippen molar-refractivity contribution in [2.75, 3.05) is 0 Å². The van der Waals surface area contributed by atoms with Gasteiger partial charge in [-0.05, 0) is 43.4 Å². The predicted octanol–water partition coefficient (Wildman–Crippen LogP) is 5.40. The predicted molar refractivity (Wildman–Crippen MR) is 72.5 cm³/mol. The summed E-state index contributed by atoms with van der Waals surface area (Å²) >= 11 is 3.89. The van der Waals surface area contributed by atoms with Crippen molar-refractivity contribution in [1.82, 2.24) is 0 Å². The normalized spacial score (nSPS) is 34.0. The van der Waals surface area contributed by atoms with Crippen molar-refractivity contribution in [3.63, 3.8) is 0 Å². The van der Waals surface area contributed by atoms with E-state index in [1.165, 1.54) is 44.9 Å². The standard InChI is InChI=1S/C14H27Br/c1-4-6-12-7-8-14(15)13(10-12)9-11(3)5-2/h11-14H,4-10H2,1-3H3. The Morgan fingerprint density at radius 3 is 2.60 bits per heavy atom. The number of rotatable bonds is 5. The molecule has 0 saturated heterocycles. The molecule has 1 rings (SSSR count). The third kappa shape index (κ3) is 4.46. The van der Waals surface area contributed by atoms with Crippen molar-refractivity contribution in [3.05, 3.63) is 0 Å². The molecule has 0 aromatic carbocycles. The molecule has 4 atom stereocenters. The van der Waals surface area contributed by atoms with E-state index in [-0.39, 0.29) is 0 Å². The Balaban J connectivity index is 2.39. The second-order valence-corrected chi connectivity index (χ2v) is 6.67. The number of alkyl halides is 1. The van der Waals surface area contributed by atoms with Gasteiger partial charge in [0.05, 0.1) is 0 Å². The molecule has 0 N–H and O–H groups in total. The second-order valence-electron chi connectivity index (χ2n) is 5.49. The zero-order chi connectivity index (χ0) is 11.3. The van der Waals surface area contributed by atoms with Crippen LogP contribution in [0.3, 0.4) is 0 Å². The first kappa shape index (κ1) is 13.5. The minimum absolute atomic E-state index is 0.805. The summed E-state index contributed by atoms with van der Waals surface area (Å²) < 4.78 is 0. The van der Waals surface area contributed by atoms with Gasteiger partial charge in [-0.3, -0.25) is 0 Å². The molecule has 1 aliphatic carbocycles. The molecule has 0 spiro atoms. The van der Waals surface area contributed by atoms with Crippen LogP contribution in [0.15, 0.2) is 0 Å². The van der Waals surface area contributed by atoms with Gasteiger partial charge in [0.2, 0.25) is 0 Å². The summed E-state index contributed by atoms with van der Waals surface area (Å²) in [7, 11) is 0. The van der Waals surface area contributed by atoms with Crippen LogP contribution in [0.5, 0.6) is 0 Å². The monoisotopic (exact) mass is 274 g/mol. The SMILES string of the molecule is CCCC1CCC(Br)C(CC(C)CC)C1. The molecule has 0 radical (unpaired) electrons. The van der Waals surface area contributed by atoms with Crippen LogP contribution in [0.4, 0.5) is 0 Å². The van der Waals surface area contributed by atoms with Gasteiger partial charge < -0.3 is 0 Å².